The van der Waals surface area contributed by atoms with Gasteiger partial charge in [-0.2, -0.15) is 0 Å². The van der Waals surface area contributed by atoms with Crippen LogP contribution in [0, 0.1) is 0 Å². The minimum Gasteiger partial charge on any atom is -0.466 e. The van der Waals surface area contributed by atoms with Crippen molar-refractivity contribution >= 4 is 24.0 Å². The molecule has 0 saturated carbocycles. The molecule has 1 fully saturated rings. The molecule has 1 aliphatic heterocycles. The maximum atomic E-state index is 15.0. The van der Waals surface area contributed by atoms with Crippen LogP contribution in [0.4, 0.5) is 4.39 Å². The van der Waals surface area contributed by atoms with Gasteiger partial charge < -0.3 is 18.9 Å². The number of rotatable bonds is 6. The van der Waals surface area contributed by atoms with Crippen LogP contribution in [-0.2, 0) is 33.3 Å². The average Bonchev–Trinajstić information content (AvgIpc) is 2.94. The van der Waals surface area contributed by atoms with Gasteiger partial charge in [-0.15, -0.1) is 0 Å². The minimum absolute atomic E-state index is 0.154. The molecule has 1 aliphatic rings. The third-order valence-electron chi connectivity index (χ3n) is 3.89. The summed E-state index contributed by atoms with van der Waals surface area (Å²) >= 11 is 0. The largest absolute Gasteiger partial charge is 0.466 e. The normalized spacial score (nSPS) is 23.7. The monoisotopic (exact) mass is 414 g/mol. The first-order chi connectivity index (χ1) is 13.6. The van der Waals surface area contributed by atoms with Crippen LogP contribution in [0.2, 0.25) is 0 Å². The Morgan fingerprint density at radius 2 is 1.97 bits per heavy atom. The molecule has 0 amide bonds. The first kappa shape index (κ1) is 22.0. The van der Waals surface area contributed by atoms with E-state index in [4.69, 9.17) is 14.2 Å². The van der Waals surface area contributed by atoms with Crippen LogP contribution < -0.4 is 11.2 Å². The summed E-state index contributed by atoms with van der Waals surface area (Å²) in [5.41, 5.74) is -1.97. The number of hydrogen-bond donors (Lipinski definition) is 1. The van der Waals surface area contributed by atoms with Crippen molar-refractivity contribution in [1.29, 1.82) is 0 Å². The molecule has 4 atom stereocenters. The number of halogens is 1. The van der Waals surface area contributed by atoms with Crippen molar-refractivity contribution in [2.45, 2.75) is 38.5 Å². The van der Waals surface area contributed by atoms with E-state index in [0.717, 1.165) is 43.9 Å². The Hall–Kier alpha value is -3.28. The summed E-state index contributed by atoms with van der Waals surface area (Å²) < 4.78 is 35.3. The third kappa shape index (κ3) is 5.38. The summed E-state index contributed by atoms with van der Waals surface area (Å²) in [6, 6.07) is 0. The maximum Gasteiger partial charge on any atom is 0.330 e. The van der Waals surface area contributed by atoms with Crippen molar-refractivity contribution in [3.8, 4) is 0 Å². The molecule has 1 aromatic rings. The second-order valence-corrected chi connectivity index (χ2v) is 5.99. The first-order valence-corrected chi connectivity index (χ1v) is 8.35. The predicted molar refractivity (Wildman–Crippen MR) is 93.4 cm³/mol. The highest BCUT2D eigenvalue weighted by Gasteiger charge is 2.49. The number of nitrogens with one attached hydrogen (secondary N) is 1. The summed E-state index contributed by atoms with van der Waals surface area (Å²) in [6.07, 6.45) is -3.25. The zero-order chi connectivity index (χ0) is 21.7. The van der Waals surface area contributed by atoms with Gasteiger partial charge >= 0.3 is 23.6 Å². The first-order valence-electron chi connectivity index (χ1n) is 8.35. The lowest BCUT2D eigenvalue weighted by atomic mass is 10.1. The Labute approximate surface area is 163 Å². The van der Waals surface area contributed by atoms with Crippen LogP contribution in [0.5, 0.6) is 0 Å². The van der Waals surface area contributed by atoms with Crippen LogP contribution in [0.25, 0.3) is 6.08 Å². The van der Waals surface area contributed by atoms with Gasteiger partial charge in [-0.3, -0.25) is 23.9 Å². The van der Waals surface area contributed by atoms with E-state index >= 15 is 0 Å². The molecule has 4 unspecified atom stereocenters. The highest BCUT2D eigenvalue weighted by molar-refractivity contribution is 5.86. The van der Waals surface area contributed by atoms with E-state index in [1.165, 1.54) is 0 Å². The van der Waals surface area contributed by atoms with Gasteiger partial charge in [0.2, 0.25) is 0 Å². The summed E-state index contributed by atoms with van der Waals surface area (Å²) in [5.74, 6) is -2.21. The molecule has 2 heterocycles. The SMILES string of the molecule is COC(=O)C=Cc1cn(C2OC(COC(C)=O)C(OC(C)=O)C2F)c(=O)[nH]c1=O. The van der Waals surface area contributed by atoms with Crippen molar-refractivity contribution in [3.63, 3.8) is 0 Å². The van der Waals surface area contributed by atoms with Gasteiger partial charge in [0.15, 0.2) is 18.5 Å². The molecule has 1 N–H and O–H groups in total. The number of nitrogens with zero attached hydrogens (tertiary/aromatic N) is 1. The summed E-state index contributed by atoms with van der Waals surface area (Å²) in [5, 5.41) is 0. The standard InChI is InChI=1S/C17H19FN2O9/c1-8(21)27-7-11-14(28-9(2)22)13(18)16(29-11)20-6-10(4-5-12(23)26-3)15(24)19-17(20)25/h4-6,11,13-14,16H,7H2,1-3H3,(H,19,24,25). The molecule has 0 radical (unpaired) electrons. The number of carbonyl (C=O) groups excluding carboxylic acids is 3. The van der Waals surface area contributed by atoms with Gasteiger partial charge in [0.25, 0.3) is 5.56 Å². The van der Waals surface area contributed by atoms with E-state index in [-0.39, 0.29) is 5.56 Å². The number of carbonyl (C=O) groups is 3. The lowest BCUT2D eigenvalue weighted by molar-refractivity contribution is -0.156. The number of ether oxygens (including phenoxy) is 4. The molecule has 0 bridgehead atoms. The molecule has 0 aliphatic carbocycles. The van der Waals surface area contributed by atoms with Crippen LogP contribution in [-0.4, -0.2) is 59.6 Å². The number of esters is 3. The lowest BCUT2D eigenvalue weighted by Crippen LogP contribution is -2.38. The highest BCUT2D eigenvalue weighted by Crippen LogP contribution is 2.33. The Bertz CT molecular complexity index is 936. The molecular weight excluding hydrogens is 395 g/mol. The lowest BCUT2D eigenvalue weighted by Gasteiger charge is -2.18. The molecule has 2 rings (SSSR count). The Morgan fingerprint density at radius 3 is 2.55 bits per heavy atom. The molecular formula is C17H19FN2O9. The molecule has 0 aromatic carbocycles. The highest BCUT2D eigenvalue weighted by atomic mass is 19.1. The summed E-state index contributed by atoms with van der Waals surface area (Å²) in [6.45, 7) is 1.77. The molecule has 0 spiro atoms. The Kier molecular flexibility index (Phi) is 7.04. The average molecular weight is 414 g/mol. The fourth-order valence-corrected chi connectivity index (χ4v) is 2.62. The zero-order valence-electron chi connectivity index (χ0n) is 15.7. The van der Waals surface area contributed by atoms with Gasteiger partial charge in [-0.05, 0) is 6.08 Å². The van der Waals surface area contributed by atoms with E-state index in [9.17, 15) is 28.4 Å². The molecule has 12 heteroatoms. The fraction of sp³-hybridized carbons (Fsp3) is 0.471. The smallest absolute Gasteiger partial charge is 0.330 e. The van der Waals surface area contributed by atoms with Crippen molar-refractivity contribution < 1.29 is 37.7 Å². The Balaban J connectivity index is 2.39. The molecule has 11 nitrogen and oxygen atoms in total. The number of aromatic amines is 1. The second-order valence-electron chi connectivity index (χ2n) is 5.99. The maximum absolute atomic E-state index is 15.0. The third-order valence-corrected chi connectivity index (χ3v) is 3.89. The topological polar surface area (TPSA) is 143 Å². The van der Waals surface area contributed by atoms with E-state index in [1.807, 2.05) is 4.98 Å². The second kappa shape index (κ2) is 9.28. The van der Waals surface area contributed by atoms with Gasteiger partial charge in [0.05, 0.1) is 12.7 Å². The van der Waals surface area contributed by atoms with Crippen molar-refractivity contribution in [1.82, 2.24) is 9.55 Å². The number of H-pyrrole nitrogens is 1. The van der Waals surface area contributed by atoms with Gasteiger partial charge in [-0.1, -0.05) is 0 Å². The van der Waals surface area contributed by atoms with Crippen molar-refractivity contribution in [2.24, 2.45) is 0 Å². The molecule has 1 saturated heterocycles. The summed E-state index contributed by atoms with van der Waals surface area (Å²) in [7, 11) is 1.14. The number of hydrogen-bond acceptors (Lipinski definition) is 9. The molecule has 29 heavy (non-hydrogen) atoms. The van der Waals surface area contributed by atoms with Crippen LogP contribution >= 0.6 is 0 Å². The van der Waals surface area contributed by atoms with Gasteiger partial charge in [-0.25, -0.2) is 14.0 Å². The van der Waals surface area contributed by atoms with Crippen LogP contribution in [0.3, 0.4) is 0 Å². The minimum atomic E-state index is -2.01. The number of aromatic nitrogens is 2. The van der Waals surface area contributed by atoms with E-state index in [1.54, 1.807) is 0 Å². The van der Waals surface area contributed by atoms with Crippen LogP contribution in [0.15, 0.2) is 21.9 Å². The number of methoxy groups -OCH3 is 1. The van der Waals surface area contributed by atoms with E-state index in [2.05, 4.69) is 4.74 Å². The van der Waals surface area contributed by atoms with Crippen LogP contribution in [0.1, 0.15) is 25.6 Å². The Morgan fingerprint density at radius 1 is 1.28 bits per heavy atom. The van der Waals surface area contributed by atoms with E-state index < -0.39 is 60.4 Å². The quantitative estimate of drug-likeness (QED) is 0.368. The fourth-order valence-electron chi connectivity index (χ4n) is 2.62. The zero-order valence-corrected chi connectivity index (χ0v) is 15.7. The van der Waals surface area contributed by atoms with E-state index in [0.29, 0.717) is 0 Å². The molecule has 1 aromatic heterocycles. The van der Waals surface area contributed by atoms with Crippen molar-refractivity contribution in [3.05, 3.63) is 38.7 Å². The summed E-state index contributed by atoms with van der Waals surface area (Å²) in [4.78, 5) is 59.6. The molecule has 158 valence electrons. The number of alkyl halides is 1. The van der Waals surface area contributed by atoms with Gasteiger partial charge in [0.1, 0.15) is 12.7 Å². The predicted octanol–water partition coefficient (Wildman–Crippen LogP) is -0.547. The van der Waals surface area contributed by atoms with Crippen molar-refractivity contribution in [2.75, 3.05) is 13.7 Å². The van der Waals surface area contributed by atoms with Gasteiger partial charge in [0, 0.05) is 26.1 Å².